The van der Waals surface area contributed by atoms with Gasteiger partial charge in [0.05, 0.1) is 24.6 Å². The molecule has 1 aliphatic heterocycles. The molecular weight excluding hydrogens is 422 g/mol. The standard InChI is InChI=1S/C25H29N3O5/c1-27-9-7-17(8-10-27)15-33-23-12-21-19(11-22(23)29)24(30)20(25(26)31)14-28(21)13-16-3-5-18(32-2)6-4-16/h3-6,11-12,14,17,29H,7-10,13,15H2,1-2H3,(H2,26,31). The zero-order valence-electron chi connectivity index (χ0n) is 18.9. The molecule has 1 saturated heterocycles. The number of phenols is 1. The van der Waals surface area contributed by atoms with Crippen LogP contribution in [0.15, 0.2) is 47.4 Å². The van der Waals surface area contributed by atoms with E-state index in [1.807, 2.05) is 24.3 Å². The van der Waals surface area contributed by atoms with E-state index in [9.17, 15) is 14.7 Å². The molecule has 0 atom stereocenters. The number of primary amides is 1. The third-order valence-electron chi connectivity index (χ3n) is 6.25. The van der Waals surface area contributed by atoms with Crippen molar-refractivity contribution in [3.05, 3.63) is 63.9 Å². The second-order valence-corrected chi connectivity index (χ2v) is 8.61. The molecule has 3 N–H and O–H groups in total. The molecule has 0 saturated carbocycles. The van der Waals surface area contributed by atoms with Crippen LogP contribution >= 0.6 is 0 Å². The van der Waals surface area contributed by atoms with Crippen molar-refractivity contribution < 1.29 is 19.4 Å². The van der Waals surface area contributed by atoms with Crippen molar-refractivity contribution in [2.24, 2.45) is 11.7 Å². The van der Waals surface area contributed by atoms with Gasteiger partial charge in [0.25, 0.3) is 5.91 Å². The average Bonchev–Trinajstić information content (AvgIpc) is 2.81. The number of pyridine rings is 1. The number of ether oxygens (including phenoxy) is 2. The van der Waals surface area contributed by atoms with Gasteiger partial charge in [-0.05, 0) is 62.7 Å². The summed E-state index contributed by atoms with van der Waals surface area (Å²) in [4.78, 5) is 27.1. The molecule has 1 fully saturated rings. The Morgan fingerprint density at radius 2 is 1.88 bits per heavy atom. The van der Waals surface area contributed by atoms with E-state index in [4.69, 9.17) is 15.2 Å². The maximum Gasteiger partial charge on any atom is 0.254 e. The van der Waals surface area contributed by atoms with Gasteiger partial charge in [-0.15, -0.1) is 0 Å². The SMILES string of the molecule is COc1ccc(Cn2cc(C(N)=O)c(=O)c3cc(O)c(OCC4CCN(C)CC4)cc32)cc1. The van der Waals surface area contributed by atoms with Gasteiger partial charge in [0.1, 0.15) is 11.3 Å². The lowest BCUT2D eigenvalue weighted by atomic mass is 9.98. The number of benzene rings is 2. The number of aromatic hydroxyl groups is 1. The molecule has 4 rings (SSSR count). The molecular formula is C25H29N3O5. The lowest BCUT2D eigenvalue weighted by Crippen LogP contribution is -2.32. The van der Waals surface area contributed by atoms with Gasteiger partial charge in [-0.2, -0.15) is 0 Å². The number of amides is 1. The first-order valence-electron chi connectivity index (χ1n) is 11.0. The summed E-state index contributed by atoms with van der Waals surface area (Å²) in [5.74, 6) is 0.514. The van der Waals surface area contributed by atoms with Gasteiger partial charge in [0.15, 0.2) is 11.5 Å². The summed E-state index contributed by atoms with van der Waals surface area (Å²) in [6, 6.07) is 10.5. The number of rotatable bonds is 7. The minimum absolute atomic E-state index is 0.129. The van der Waals surface area contributed by atoms with Crippen molar-refractivity contribution in [2.75, 3.05) is 33.9 Å². The van der Waals surface area contributed by atoms with Gasteiger partial charge < -0.3 is 29.8 Å². The van der Waals surface area contributed by atoms with Crippen LogP contribution in [-0.2, 0) is 6.54 Å². The summed E-state index contributed by atoms with van der Waals surface area (Å²) in [7, 11) is 3.71. The molecule has 33 heavy (non-hydrogen) atoms. The molecule has 8 nitrogen and oxygen atoms in total. The molecule has 1 aromatic heterocycles. The minimum Gasteiger partial charge on any atom is -0.504 e. The molecule has 0 radical (unpaired) electrons. The van der Waals surface area contributed by atoms with Crippen LogP contribution in [0.4, 0.5) is 0 Å². The van der Waals surface area contributed by atoms with E-state index in [0.29, 0.717) is 30.3 Å². The van der Waals surface area contributed by atoms with E-state index in [0.717, 1.165) is 37.2 Å². The molecule has 0 bridgehead atoms. The molecule has 1 aliphatic rings. The summed E-state index contributed by atoms with van der Waals surface area (Å²) in [6.45, 7) is 2.93. The molecule has 0 unspecified atom stereocenters. The zero-order chi connectivity index (χ0) is 23.5. The molecule has 8 heteroatoms. The van der Waals surface area contributed by atoms with Gasteiger partial charge in [0, 0.05) is 18.8 Å². The van der Waals surface area contributed by atoms with E-state index in [2.05, 4.69) is 11.9 Å². The summed E-state index contributed by atoms with van der Waals surface area (Å²) in [5, 5.41) is 10.8. The van der Waals surface area contributed by atoms with Crippen molar-refractivity contribution in [2.45, 2.75) is 19.4 Å². The summed E-state index contributed by atoms with van der Waals surface area (Å²) < 4.78 is 13.0. The number of hydrogen-bond acceptors (Lipinski definition) is 6. The van der Waals surface area contributed by atoms with Crippen LogP contribution in [0.3, 0.4) is 0 Å². The number of methoxy groups -OCH3 is 1. The van der Waals surface area contributed by atoms with Gasteiger partial charge in [-0.25, -0.2) is 0 Å². The van der Waals surface area contributed by atoms with Gasteiger partial charge in [-0.3, -0.25) is 9.59 Å². The number of hydrogen-bond donors (Lipinski definition) is 2. The first-order valence-corrected chi connectivity index (χ1v) is 11.0. The fraction of sp³-hybridized carbons (Fsp3) is 0.360. The van der Waals surface area contributed by atoms with Crippen molar-refractivity contribution in [3.63, 3.8) is 0 Å². The minimum atomic E-state index is -0.813. The highest BCUT2D eigenvalue weighted by atomic mass is 16.5. The predicted octanol–water partition coefficient (Wildman–Crippen LogP) is 2.58. The molecule has 0 spiro atoms. The monoisotopic (exact) mass is 451 g/mol. The number of aromatic nitrogens is 1. The molecule has 2 aromatic carbocycles. The molecule has 0 aliphatic carbocycles. The second kappa shape index (κ2) is 9.54. The number of fused-ring (bicyclic) bond motifs is 1. The van der Waals surface area contributed by atoms with Crippen molar-refractivity contribution in [3.8, 4) is 17.2 Å². The summed E-state index contributed by atoms with van der Waals surface area (Å²) in [6.07, 6.45) is 3.54. The average molecular weight is 452 g/mol. The maximum absolute atomic E-state index is 12.9. The van der Waals surface area contributed by atoms with E-state index in [1.165, 1.54) is 12.3 Å². The Labute approximate surface area is 192 Å². The number of piperidine rings is 1. The molecule has 3 aromatic rings. The lowest BCUT2D eigenvalue weighted by molar-refractivity contribution is 0.0998. The lowest BCUT2D eigenvalue weighted by Gasteiger charge is -2.28. The van der Waals surface area contributed by atoms with Crippen molar-refractivity contribution in [1.82, 2.24) is 9.47 Å². The third kappa shape index (κ3) is 4.96. The van der Waals surface area contributed by atoms with Crippen LogP contribution < -0.4 is 20.6 Å². The van der Waals surface area contributed by atoms with Crippen LogP contribution in [0, 0.1) is 5.92 Å². The fourth-order valence-corrected chi connectivity index (χ4v) is 4.19. The fourth-order valence-electron chi connectivity index (χ4n) is 4.19. The first-order chi connectivity index (χ1) is 15.9. The highest BCUT2D eigenvalue weighted by Gasteiger charge is 2.20. The van der Waals surface area contributed by atoms with E-state index in [1.54, 1.807) is 17.7 Å². The van der Waals surface area contributed by atoms with Gasteiger partial charge in [0.2, 0.25) is 5.43 Å². The Balaban J connectivity index is 1.70. The molecule has 2 heterocycles. The Kier molecular flexibility index (Phi) is 6.55. The van der Waals surface area contributed by atoms with Crippen LogP contribution in [0.2, 0.25) is 0 Å². The Bertz CT molecular complexity index is 1210. The molecule has 174 valence electrons. The maximum atomic E-state index is 12.9. The number of carbonyl (C=O) groups excluding carboxylic acids is 1. The van der Waals surface area contributed by atoms with Gasteiger partial charge >= 0.3 is 0 Å². The Hall–Kier alpha value is -3.52. The number of phenolic OH excluding ortho intramolecular Hbond substituents is 1. The quantitative estimate of drug-likeness (QED) is 0.572. The number of nitrogens with zero attached hydrogens (tertiary/aromatic N) is 2. The van der Waals surface area contributed by atoms with E-state index < -0.39 is 11.3 Å². The van der Waals surface area contributed by atoms with E-state index >= 15 is 0 Å². The van der Waals surface area contributed by atoms with Crippen molar-refractivity contribution in [1.29, 1.82) is 0 Å². The van der Waals surface area contributed by atoms with Crippen LogP contribution in [-0.4, -0.2) is 54.3 Å². The number of carbonyl (C=O) groups is 1. The second-order valence-electron chi connectivity index (χ2n) is 8.61. The number of nitrogens with two attached hydrogens (primary N) is 1. The van der Waals surface area contributed by atoms with Crippen molar-refractivity contribution >= 4 is 16.8 Å². The Morgan fingerprint density at radius 3 is 2.52 bits per heavy atom. The highest BCUT2D eigenvalue weighted by Crippen LogP contribution is 2.32. The highest BCUT2D eigenvalue weighted by molar-refractivity contribution is 5.96. The molecule has 1 amide bonds. The normalized spacial score (nSPS) is 15.0. The first kappa shape index (κ1) is 22.7. The summed E-state index contributed by atoms with van der Waals surface area (Å²) in [5.41, 5.74) is 6.31. The van der Waals surface area contributed by atoms with E-state index in [-0.39, 0.29) is 16.7 Å². The van der Waals surface area contributed by atoms with Crippen LogP contribution in [0.5, 0.6) is 17.2 Å². The Morgan fingerprint density at radius 1 is 1.18 bits per heavy atom. The zero-order valence-corrected chi connectivity index (χ0v) is 18.9. The smallest absolute Gasteiger partial charge is 0.254 e. The largest absolute Gasteiger partial charge is 0.504 e. The summed E-state index contributed by atoms with van der Waals surface area (Å²) >= 11 is 0. The van der Waals surface area contributed by atoms with Crippen LogP contribution in [0.1, 0.15) is 28.8 Å². The van der Waals surface area contributed by atoms with Crippen LogP contribution in [0.25, 0.3) is 10.9 Å². The number of likely N-dealkylation sites (tertiary alicyclic amines) is 1. The third-order valence-corrected chi connectivity index (χ3v) is 6.25. The predicted molar refractivity (Wildman–Crippen MR) is 126 cm³/mol. The topological polar surface area (TPSA) is 107 Å². The van der Waals surface area contributed by atoms with Gasteiger partial charge in [-0.1, -0.05) is 12.1 Å².